The van der Waals surface area contributed by atoms with Gasteiger partial charge in [0.2, 0.25) is 0 Å². The Bertz CT molecular complexity index is 623. The number of aromatic carboxylic acids is 1. The number of aryl methyl sites for hydroxylation is 1. The van der Waals surface area contributed by atoms with Crippen molar-refractivity contribution in [1.29, 1.82) is 0 Å². The summed E-state index contributed by atoms with van der Waals surface area (Å²) in [5.41, 5.74) is 2.14. The van der Waals surface area contributed by atoms with E-state index in [2.05, 4.69) is 0 Å². The highest BCUT2D eigenvalue weighted by atomic mass is 35.5. The van der Waals surface area contributed by atoms with Gasteiger partial charge in [0, 0.05) is 0 Å². The van der Waals surface area contributed by atoms with Crippen molar-refractivity contribution in [3.8, 4) is 11.1 Å². The van der Waals surface area contributed by atoms with Crippen LogP contribution in [0.25, 0.3) is 11.1 Å². The molecule has 4 heteroatoms. The van der Waals surface area contributed by atoms with Crippen LogP contribution in [0.4, 0.5) is 4.39 Å². The van der Waals surface area contributed by atoms with Crippen LogP contribution in [0.3, 0.4) is 0 Å². The molecule has 0 bridgehead atoms. The molecule has 92 valence electrons. The number of carboxylic acid groups (broad SMARTS) is 1. The van der Waals surface area contributed by atoms with E-state index in [0.717, 1.165) is 5.56 Å². The van der Waals surface area contributed by atoms with Gasteiger partial charge in [-0.15, -0.1) is 0 Å². The van der Waals surface area contributed by atoms with Gasteiger partial charge < -0.3 is 5.11 Å². The second-order valence-corrected chi connectivity index (χ2v) is 4.39. The van der Waals surface area contributed by atoms with Crippen molar-refractivity contribution >= 4 is 17.6 Å². The zero-order valence-corrected chi connectivity index (χ0v) is 10.3. The average molecular weight is 265 g/mol. The fraction of sp³-hybridized carbons (Fsp3) is 0.0714. The zero-order valence-electron chi connectivity index (χ0n) is 9.58. The highest BCUT2D eigenvalue weighted by Crippen LogP contribution is 2.28. The molecule has 0 unspecified atom stereocenters. The Balaban J connectivity index is 2.63. The van der Waals surface area contributed by atoms with E-state index in [1.54, 1.807) is 18.2 Å². The minimum atomic E-state index is -1.02. The molecular weight excluding hydrogens is 255 g/mol. The Hall–Kier alpha value is -1.87. The van der Waals surface area contributed by atoms with Gasteiger partial charge in [-0.3, -0.25) is 0 Å². The van der Waals surface area contributed by atoms with Gasteiger partial charge in [-0.2, -0.15) is 0 Å². The van der Waals surface area contributed by atoms with E-state index in [-0.39, 0.29) is 10.6 Å². The summed E-state index contributed by atoms with van der Waals surface area (Å²) in [6.07, 6.45) is 0. The van der Waals surface area contributed by atoms with E-state index >= 15 is 0 Å². The second kappa shape index (κ2) is 4.78. The van der Waals surface area contributed by atoms with Crippen molar-refractivity contribution in [3.63, 3.8) is 0 Å². The molecule has 2 nitrogen and oxygen atoms in total. The van der Waals surface area contributed by atoms with Gasteiger partial charge in [-0.25, -0.2) is 9.18 Å². The third kappa shape index (κ3) is 2.36. The highest BCUT2D eigenvalue weighted by Gasteiger charge is 2.13. The molecule has 0 aromatic heterocycles. The van der Waals surface area contributed by atoms with Gasteiger partial charge in [0.15, 0.2) is 0 Å². The quantitative estimate of drug-likeness (QED) is 0.885. The van der Waals surface area contributed by atoms with Gasteiger partial charge in [0.05, 0.1) is 10.6 Å². The normalized spacial score (nSPS) is 10.4. The van der Waals surface area contributed by atoms with Crippen molar-refractivity contribution in [3.05, 3.63) is 58.4 Å². The molecule has 2 aromatic rings. The molecule has 0 aliphatic rings. The molecule has 0 heterocycles. The van der Waals surface area contributed by atoms with E-state index in [1.807, 2.05) is 6.92 Å². The Morgan fingerprint density at radius 3 is 2.56 bits per heavy atom. The van der Waals surface area contributed by atoms with Gasteiger partial charge >= 0.3 is 5.97 Å². The first-order valence-electron chi connectivity index (χ1n) is 5.28. The lowest BCUT2D eigenvalue weighted by atomic mass is 9.98. The average Bonchev–Trinajstić information content (AvgIpc) is 2.32. The fourth-order valence-electron chi connectivity index (χ4n) is 1.75. The topological polar surface area (TPSA) is 37.3 Å². The number of hydrogen-bond donors (Lipinski definition) is 1. The van der Waals surface area contributed by atoms with Crippen LogP contribution in [-0.4, -0.2) is 11.1 Å². The van der Waals surface area contributed by atoms with Gasteiger partial charge in [-0.05, 0) is 36.2 Å². The monoisotopic (exact) mass is 264 g/mol. The summed E-state index contributed by atoms with van der Waals surface area (Å²) in [6, 6.07) is 9.24. The molecule has 2 aromatic carbocycles. The summed E-state index contributed by atoms with van der Waals surface area (Å²) in [5.74, 6) is -1.54. The van der Waals surface area contributed by atoms with Crippen molar-refractivity contribution in [2.45, 2.75) is 6.92 Å². The highest BCUT2D eigenvalue weighted by molar-refractivity contribution is 6.31. The van der Waals surface area contributed by atoms with Crippen molar-refractivity contribution in [2.75, 3.05) is 0 Å². The first-order valence-corrected chi connectivity index (χ1v) is 5.66. The van der Waals surface area contributed by atoms with Gasteiger partial charge in [0.1, 0.15) is 5.82 Å². The molecule has 18 heavy (non-hydrogen) atoms. The smallest absolute Gasteiger partial charge is 0.336 e. The summed E-state index contributed by atoms with van der Waals surface area (Å²) < 4.78 is 13.1. The third-order valence-corrected chi connectivity index (χ3v) is 2.93. The molecular formula is C14H10ClFO2. The minimum Gasteiger partial charge on any atom is -0.478 e. The van der Waals surface area contributed by atoms with Gasteiger partial charge in [-0.1, -0.05) is 35.4 Å². The van der Waals surface area contributed by atoms with Crippen LogP contribution in [0.2, 0.25) is 5.02 Å². The van der Waals surface area contributed by atoms with Crippen molar-refractivity contribution < 1.29 is 14.3 Å². The van der Waals surface area contributed by atoms with Crippen LogP contribution in [0.5, 0.6) is 0 Å². The molecule has 0 radical (unpaired) electrons. The van der Waals surface area contributed by atoms with E-state index in [4.69, 9.17) is 16.7 Å². The lowest BCUT2D eigenvalue weighted by Gasteiger charge is -2.08. The molecule has 0 aliphatic heterocycles. The number of carboxylic acids is 1. The standard InChI is InChI=1S/C14H10ClFO2/c1-8-2-4-10(11(6-8)14(17)18)9-3-5-13(16)12(15)7-9/h2-7H,1H3,(H,17,18). The number of hydrogen-bond acceptors (Lipinski definition) is 1. The molecule has 0 atom stereocenters. The lowest BCUT2D eigenvalue weighted by Crippen LogP contribution is -2.00. The SMILES string of the molecule is Cc1ccc(-c2ccc(F)c(Cl)c2)c(C(=O)O)c1. The maximum absolute atomic E-state index is 13.1. The van der Waals surface area contributed by atoms with Crippen LogP contribution >= 0.6 is 11.6 Å². The number of carbonyl (C=O) groups is 1. The lowest BCUT2D eigenvalue weighted by molar-refractivity contribution is 0.0697. The van der Waals surface area contributed by atoms with Crippen LogP contribution in [0.1, 0.15) is 15.9 Å². The molecule has 0 saturated heterocycles. The maximum Gasteiger partial charge on any atom is 0.336 e. The molecule has 0 aliphatic carbocycles. The van der Waals surface area contributed by atoms with Crippen LogP contribution in [0, 0.1) is 12.7 Å². The summed E-state index contributed by atoms with van der Waals surface area (Å²) in [6.45, 7) is 1.81. The van der Waals surface area contributed by atoms with Crippen molar-refractivity contribution in [2.24, 2.45) is 0 Å². The molecule has 0 saturated carbocycles. The molecule has 0 amide bonds. The zero-order chi connectivity index (χ0) is 13.3. The Kier molecular flexibility index (Phi) is 3.34. The predicted octanol–water partition coefficient (Wildman–Crippen LogP) is 4.15. The largest absolute Gasteiger partial charge is 0.478 e. The molecule has 0 spiro atoms. The minimum absolute atomic E-state index is 0.0237. The summed E-state index contributed by atoms with van der Waals surface area (Å²) in [7, 11) is 0. The van der Waals surface area contributed by atoms with Crippen LogP contribution in [-0.2, 0) is 0 Å². The van der Waals surface area contributed by atoms with E-state index in [0.29, 0.717) is 11.1 Å². The molecule has 0 fully saturated rings. The maximum atomic E-state index is 13.1. The first-order chi connectivity index (χ1) is 8.49. The third-order valence-electron chi connectivity index (χ3n) is 2.64. The summed E-state index contributed by atoms with van der Waals surface area (Å²) >= 11 is 5.70. The van der Waals surface area contributed by atoms with E-state index < -0.39 is 11.8 Å². The van der Waals surface area contributed by atoms with Crippen molar-refractivity contribution in [1.82, 2.24) is 0 Å². The predicted molar refractivity (Wildman–Crippen MR) is 68.5 cm³/mol. The molecule has 2 rings (SSSR count). The van der Waals surface area contributed by atoms with Crippen LogP contribution in [0.15, 0.2) is 36.4 Å². The molecule has 1 N–H and O–H groups in total. The summed E-state index contributed by atoms with van der Waals surface area (Å²) in [4.78, 5) is 11.2. The number of benzene rings is 2. The van der Waals surface area contributed by atoms with Gasteiger partial charge in [0.25, 0.3) is 0 Å². The first kappa shape index (κ1) is 12.6. The van der Waals surface area contributed by atoms with Crippen LogP contribution < -0.4 is 0 Å². The Morgan fingerprint density at radius 2 is 1.94 bits per heavy atom. The Labute approximate surface area is 109 Å². The second-order valence-electron chi connectivity index (χ2n) is 3.98. The fourth-order valence-corrected chi connectivity index (χ4v) is 1.93. The van der Waals surface area contributed by atoms with E-state index in [9.17, 15) is 9.18 Å². The Morgan fingerprint density at radius 1 is 1.22 bits per heavy atom. The summed E-state index contributed by atoms with van der Waals surface area (Å²) in [5, 5.41) is 9.14. The number of rotatable bonds is 2. The number of halogens is 2. The van der Waals surface area contributed by atoms with E-state index in [1.165, 1.54) is 18.2 Å².